The Labute approximate surface area is 219 Å². The first-order chi connectivity index (χ1) is 13.8. The summed E-state index contributed by atoms with van der Waals surface area (Å²) in [6.45, 7) is 6.25. The monoisotopic (exact) mass is 506 g/mol. The van der Waals surface area contributed by atoms with Crippen LogP contribution in [0.4, 0.5) is 0 Å². The Bertz CT molecular complexity index is 1160. The van der Waals surface area contributed by atoms with Crippen LogP contribution in [-0.2, 0) is 19.2 Å². The van der Waals surface area contributed by atoms with Gasteiger partial charge in [-0.25, -0.2) is 0 Å². The van der Waals surface area contributed by atoms with Crippen LogP contribution in [0.3, 0.4) is 0 Å². The van der Waals surface area contributed by atoms with Gasteiger partial charge in [0.15, 0.2) is 0 Å². The molecule has 0 aliphatic carbocycles. The summed E-state index contributed by atoms with van der Waals surface area (Å²) in [4.78, 5) is 33.8. The van der Waals surface area contributed by atoms with Crippen LogP contribution in [0.5, 0.6) is 0 Å². The Hall–Kier alpha value is -1.34. The third kappa shape index (κ3) is 9.36. The predicted octanol–water partition coefficient (Wildman–Crippen LogP) is 3.69. The first-order valence-corrected chi connectivity index (χ1v) is 10.5. The zero-order valence-electron chi connectivity index (χ0n) is 17.2. The number of halogens is 2. The molecule has 2 aromatic heterocycles. The third-order valence-corrected chi connectivity index (χ3v) is 6.85. The van der Waals surface area contributed by atoms with Crippen LogP contribution in [0.1, 0.15) is 16.0 Å². The maximum absolute atomic E-state index is 8.12. The summed E-state index contributed by atoms with van der Waals surface area (Å²) in [5, 5.41) is 6.41. The van der Waals surface area contributed by atoms with Crippen LogP contribution in [-0.4, -0.2) is 17.8 Å². The molecule has 0 saturated carbocycles. The molecule has 158 valence electrons. The van der Waals surface area contributed by atoms with Crippen molar-refractivity contribution in [3.63, 3.8) is 0 Å². The summed E-state index contributed by atoms with van der Waals surface area (Å²) in [6, 6.07) is 12.4. The number of carbonyl (C=O) groups excluding carboxylic acids is 4. The topological polar surface area (TPSA) is 98.3 Å². The average Bonchev–Trinajstić information content (AvgIpc) is 3.30. The van der Waals surface area contributed by atoms with E-state index in [9.17, 15) is 0 Å². The van der Waals surface area contributed by atoms with Crippen molar-refractivity contribution >= 4 is 78.4 Å². The fourth-order valence-corrected chi connectivity index (χ4v) is 4.85. The summed E-state index contributed by atoms with van der Waals surface area (Å²) >= 11 is 15.5. The number of rotatable bonds is 0. The molecule has 0 bridgehead atoms. The van der Waals surface area contributed by atoms with E-state index in [1.54, 1.807) is 11.3 Å². The van der Waals surface area contributed by atoms with Crippen molar-refractivity contribution in [3.8, 4) is 0 Å². The predicted molar refractivity (Wildman–Crippen MR) is 120 cm³/mol. The summed E-state index contributed by atoms with van der Waals surface area (Å²) in [7, 11) is 0. The Morgan fingerprint density at radius 2 is 1.19 bits per heavy atom. The van der Waals surface area contributed by atoms with Crippen LogP contribution in [0.2, 0.25) is 10.0 Å². The van der Waals surface area contributed by atoms with E-state index in [0.717, 1.165) is 10.0 Å². The zero-order chi connectivity index (χ0) is 22.0. The van der Waals surface area contributed by atoms with Crippen molar-refractivity contribution in [2.75, 3.05) is 0 Å². The zero-order valence-corrected chi connectivity index (χ0v) is 22.3. The quantitative estimate of drug-likeness (QED) is 0.338. The molecule has 0 amide bonds. The summed E-state index contributed by atoms with van der Waals surface area (Å²) < 4.78 is 2.62. The Morgan fingerprint density at radius 1 is 0.742 bits per heavy atom. The van der Waals surface area contributed by atoms with E-state index in [1.165, 1.54) is 36.2 Å². The molecule has 31 heavy (non-hydrogen) atoms. The second-order valence-electron chi connectivity index (χ2n) is 5.63. The standard InChI is InChI=1S/C10H9ClS.C9H7ClS.2CO2.Na.H2O/c1-6-5-8-3-4-9(11)7(2)10(8)12-6;1-6-8(10)3-2-7-4-5-11-9(6)7;2*2-1-3;;/h3-5H,1-2H3;2-5H,1H3;;;;1H2/q;;;;+1;/p-1. The van der Waals surface area contributed by atoms with Crippen LogP contribution in [0.15, 0.2) is 41.8 Å². The van der Waals surface area contributed by atoms with E-state index in [0.29, 0.717) is 0 Å². The van der Waals surface area contributed by atoms with Crippen molar-refractivity contribution in [2.45, 2.75) is 20.8 Å². The summed E-state index contributed by atoms with van der Waals surface area (Å²) in [5.74, 6) is 0. The van der Waals surface area contributed by atoms with E-state index in [2.05, 4.69) is 50.4 Å². The molecule has 5 nitrogen and oxygen atoms in total. The smallest absolute Gasteiger partial charge is 0.870 e. The second kappa shape index (κ2) is 16.3. The molecule has 0 aliphatic heterocycles. The van der Waals surface area contributed by atoms with Crippen LogP contribution >= 0.6 is 45.9 Å². The molecule has 1 N–H and O–H groups in total. The Kier molecular flexibility index (Phi) is 16.8. The van der Waals surface area contributed by atoms with Gasteiger partial charge < -0.3 is 5.48 Å². The molecule has 4 aromatic rings. The van der Waals surface area contributed by atoms with Gasteiger partial charge >= 0.3 is 41.9 Å². The first kappa shape index (κ1) is 31.8. The molecule has 2 heterocycles. The van der Waals surface area contributed by atoms with E-state index >= 15 is 0 Å². The number of hydrogen-bond acceptors (Lipinski definition) is 7. The normalized spacial score (nSPS) is 8.55. The number of thiophene rings is 2. The minimum Gasteiger partial charge on any atom is -0.870 e. The van der Waals surface area contributed by atoms with Gasteiger partial charge in [0.25, 0.3) is 0 Å². The van der Waals surface area contributed by atoms with Crippen molar-refractivity contribution in [3.05, 3.63) is 67.8 Å². The van der Waals surface area contributed by atoms with E-state index < -0.39 is 0 Å². The first-order valence-electron chi connectivity index (χ1n) is 8.06. The SMILES string of the molecule is Cc1c(Cl)ccc2ccsc12.Cc1cc2ccc(Cl)c(C)c2s1.O=C=O.O=C=O.[Na+].[OH-]. The van der Waals surface area contributed by atoms with Gasteiger partial charge in [-0.05, 0) is 72.3 Å². The van der Waals surface area contributed by atoms with Crippen LogP contribution < -0.4 is 29.6 Å². The molecule has 0 unspecified atom stereocenters. The fraction of sp³-hybridized carbons (Fsp3) is 0.143. The van der Waals surface area contributed by atoms with Gasteiger partial charge in [0, 0.05) is 24.3 Å². The average molecular weight is 507 g/mol. The van der Waals surface area contributed by atoms with Gasteiger partial charge in [-0.3, -0.25) is 0 Å². The number of aryl methyl sites for hydroxylation is 3. The van der Waals surface area contributed by atoms with Gasteiger partial charge in [-0.1, -0.05) is 35.3 Å². The molecule has 0 saturated heterocycles. The second-order valence-corrected chi connectivity index (χ2v) is 8.61. The largest absolute Gasteiger partial charge is 1.00 e. The van der Waals surface area contributed by atoms with Gasteiger partial charge in [-0.15, -0.1) is 22.7 Å². The Balaban J connectivity index is 0. The van der Waals surface area contributed by atoms with E-state index in [-0.39, 0.29) is 47.3 Å². The van der Waals surface area contributed by atoms with Crippen molar-refractivity contribution in [1.29, 1.82) is 0 Å². The Morgan fingerprint density at radius 3 is 1.71 bits per heavy atom. The molecule has 0 aliphatic rings. The van der Waals surface area contributed by atoms with Gasteiger partial charge in [0.2, 0.25) is 0 Å². The molecule has 2 aromatic carbocycles. The van der Waals surface area contributed by atoms with Gasteiger partial charge in [0.05, 0.1) is 0 Å². The number of hydrogen-bond donors (Lipinski definition) is 0. The summed E-state index contributed by atoms with van der Waals surface area (Å²) in [5.41, 5.74) is 2.39. The molecule has 0 atom stereocenters. The molecule has 4 rings (SSSR count). The maximum atomic E-state index is 8.12. The molecule has 10 heteroatoms. The maximum Gasteiger partial charge on any atom is 1.00 e. The van der Waals surface area contributed by atoms with Gasteiger partial charge in [0.1, 0.15) is 0 Å². The van der Waals surface area contributed by atoms with Crippen molar-refractivity contribution in [2.24, 2.45) is 0 Å². The molecule has 0 fully saturated rings. The molecule has 0 radical (unpaired) electrons. The van der Waals surface area contributed by atoms with E-state index in [1.807, 2.05) is 23.5 Å². The molecular formula is C21H17Cl2NaO5S2. The number of benzene rings is 2. The number of fused-ring (bicyclic) bond motifs is 2. The fourth-order valence-electron chi connectivity index (χ4n) is 2.50. The molecular weight excluding hydrogens is 490 g/mol. The van der Waals surface area contributed by atoms with Crippen LogP contribution in [0.25, 0.3) is 20.2 Å². The van der Waals surface area contributed by atoms with E-state index in [4.69, 9.17) is 42.4 Å². The summed E-state index contributed by atoms with van der Waals surface area (Å²) in [6.07, 6.45) is 0.500. The minimum absolute atomic E-state index is 0. The third-order valence-electron chi connectivity index (χ3n) is 3.80. The van der Waals surface area contributed by atoms with Gasteiger partial charge in [-0.2, -0.15) is 19.2 Å². The molecule has 0 spiro atoms. The van der Waals surface area contributed by atoms with Crippen molar-refractivity contribution < 1.29 is 54.2 Å². The van der Waals surface area contributed by atoms with Crippen LogP contribution in [0, 0.1) is 20.8 Å². The van der Waals surface area contributed by atoms with Crippen molar-refractivity contribution in [1.82, 2.24) is 0 Å². The minimum atomic E-state index is 0.